The molecular formula is C8H9BrO3. The third kappa shape index (κ3) is 1.98. The fraction of sp³-hybridized carbons (Fsp3) is 0.125. The highest BCUT2D eigenvalue weighted by atomic mass is 79.9. The van der Waals surface area contributed by atoms with Crippen LogP contribution in [0.25, 0.3) is 0 Å². The third-order valence-corrected chi connectivity index (χ3v) is 1.54. The Balaban J connectivity index is 0.00000121. The maximum Gasteiger partial charge on any atom is 0.336 e. The summed E-state index contributed by atoms with van der Waals surface area (Å²) in [7, 11) is 0. The maximum atomic E-state index is 10.5. The molecule has 66 valence electrons. The summed E-state index contributed by atoms with van der Waals surface area (Å²) in [6.07, 6.45) is 0. The van der Waals surface area contributed by atoms with Crippen LogP contribution in [0, 0.1) is 6.92 Å². The molecule has 0 aromatic heterocycles. The molecule has 4 heteroatoms. The number of carboxylic acids is 1. The van der Waals surface area contributed by atoms with Gasteiger partial charge in [0, 0.05) is 5.56 Å². The van der Waals surface area contributed by atoms with E-state index in [1.165, 1.54) is 18.2 Å². The normalized spacial score (nSPS) is 8.75. The molecule has 0 atom stereocenters. The molecule has 2 N–H and O–H groups in total. The molecule has 1 rings (SSSR count). The van der Waals surface area contributed by atoms with E-state index in [4.69, 9.17) is 10.2 Å². The smallest absolute Gasteiger partial charge is 0.336 e. The number of aromatic hydroxyl groups is 1. The molecule has 0 aliphatic rings. The van der Waals surface area contributed by atoms with Crippen LogP contribution in [-0.4, -0.2) is 16.2 Å². The molecular weight excluding hydrogens is 224 g/mol. The molecule has 0 heterocycles. The highest BCUT2D eigenvalue weighted by Gasteiger charge is 2.08. The van der Waals surface area contributed by atoms with Gasteiger partial charge in [-0.05, 0) is 19.1 Å². The van der Waals surface area contributed by atoms with Crippen LogP contribution in [0.4, 0.5) is 0 Å². The fourth-order valence-electron chi connectivity index (χ4n) is 0.855. The second-order valence-corrected chi connectivity index (χ2v) is 2.25. The summed E-state index contributed by atoms with van der Waals surface area (Å²) in [4.78, 5) is 10.5. The summed E-state index contributed by atoms with van der Waals surface area (Å²) in [5.41, 5.74) is 0.546. The van der Waals surface area contributed by atoms with Crippen LogP contribution in [0.15, 0.2) is 18.2 Å². The molecule has 1 aromatic rings. The van der Waals surface area contributed by atoms with Crippen molar-refractivity contribution in [2.24, 2.45) is 0 Å². The Morgan fingerprint density at radius 2 is 2.00 bits per heavy atom. The molecule has 0 unspecified atom stereocenters. The van der Waals surface area contributed by atoms with Gasteiger partial charge in [-0.2, -0.15) is 0 Å². The number of rotatable bonds is 1. The van der Waals surface area contributed by atoms with E-state index in [0.29, 0.717) is 5.56 Å². The van der Waals surface area contributed by atoms with Gasteiger partial charge in [0.25, 0.3) is 0 Å². The topological polar surface area (TPSA) is 57.5 Å². The van der Waals surface area contributed by atoms with Crippen LogP contribution >= 0.6 is 17.0 Å². The lowest BCUT2D eigenvalue weighted by Gasteiger charge is -2.00. The number of phenolic OH excluding ortho intramolecular Hbond substituents is 1. The van der Waals surface area contributed by atoms with E-state index >= 15 is 0 Å². The molecule has 3 nitrogen and oxygen atoms in total. The minimum atomic E-state index is -1.02. The molecule has 0 bridgehead atoms. The first kappa shape index (κ1) is 11.0. The van der Waals surface area contributed by atoms with Crippen molar-refractivity contribution < 1.29 is 15.0 Å². The van der Waals surface area contributed by atoms with Crippen molar-refractivity contribution >= 4 is 23.0 Å². The number of halogens is 1. The molecule has 0 amide bonds. The molecule has 0 saturated carbocycles. The van der Waals surface area contributed by atoms with Gasteiger partial charge in [-0.15, -0.1) is 17.0 Å². The summed E-state index contributed by atoms with van der Waals surface area (Å²) < 4.78 is 0. The highest BCUT2D eigenvalue weighted by molar-refractivity contribution is 8.93. The fourth-order valence-corrected chi connectivity index (χ4v) is 0.855. The number of carbonyl (C=O) groups is 1. The lowest BCUT2D eigenvalue weighted by atomic mass is 10.1. The molecule has 0 fully saturated rings. The Morgan fingerprint density at radius 1 is 1.42 bits per heavy atom. The van der Waals surface area contributed by atoms with Crippen molar-refractivity contribution in [1.82, 2.24) is 0 Å². The molecule has 1 aromatic carbocycles. The van der Waals surface area contributed by atoms with Gasteiger partial charge in [0.05, 0.1) is 5.56 Å². The average Bonchev–Trinajstić information content (AvgIpc) is 1.94. The lowest BCUT2D eigenvalue weighted by molar-refractivity contribution is 0.0695. The summed E-state index contributed by atoms with van der Waals surface area (Å²) in [5.74, 6) is -0.997. The number of hydrogen-bond donors (Lipinski definition) is 2. The number of aromatic carboxylic acids is 1. The summed E-state index contributed by atoms with van der Waals surface area (Å²) >= 11 is 0. The van der Waals surface area contributed by atoms with E-state index in [-0.39, 0.29) is 28.3 Å². The monoisotopic (exact) mass is 232 g/mol. The highest BCUT2D eigenvalue weighted by Crippen LogP contribution is 2.18. The van der Waals surface area contributed by atoms with E-state index in [2.05, 4.69) is 0 Å². The Bertz CT molecular complexity index is 296. The molecule has 12 heavy (non-hydrogen) atoms. The number of benzene rings is 1. The third-order valence-electron chi connectivity index (χ3n) is 1.54. The van der Waals surface area contributed by atoms with Crippen molar-refractivity contribution in [1.29, 1.82) is 0 Å². The zero-order valence-electron chi connectivity index (χ0n) is 6.44. The van der Waals surface area contributed by atoms with Crippen LogP contribution in [0.1, 0.15) is 15.9 Å². The van der Waals surface area contributed by atoms with E-state index in [9.17, 15) is 4.79 Å². The molecule has 0 spiro atoms. The number of hydrogen-bond acceptors (Lipinski definition) is 2. The summed E-state index contributed by atoms with van der Waals surface area (Å²) in [5, 5.41) is 17.7. The van der Waals surface area contributed by atoms with Gasteiger partial charge < -0.3 is 10.2 Å². The van der Waals surface area contributed by atoms with E-state index in [1.54, 1.807) is 6.92 Å². The van der Waals surface area contributed by atoms with Crippen LogP contribution < -0.4 is 0 Å². The SMILES string of the molecule is Br.Cc1c(O)cccc1C(=O)O. The minimum Gasteiger partial charge on any atom is -0.508 e. The standard InChI is InChI=1S/C8H8O3.BrH/c1-5-6(8(10)11)3-2-4-7(5)9;/h2-4,9H,1H3,(H,10,11);1H. The Morgan fingerprint density at radius 3 is 2.42 bits per heavy atom. The van der Waals surface area contributed by atoms with Gasteiger partial charge in [0.2, 0.25) is 0 Å². The first-order chi connectivity index (χ1) is 5.13. The average molecular weight is 233 g/mol. The Hall–Kier alpha value is -1.03. The van der Waals surface area contributed by atoms with Gasteiger partial charge in [0.15, 0.2) is 0 Å². The first-order valence-electron chi connectivity index (χ1n) is 3.15. The molecule has 0 saturated heterocycles. The summed E-state index contributed by atoms with van der Waals surface area (Å²) in [6.45, 7) is 1.57. The van der Waals surface area contributed by atoms with Gasteiger partial charge in [0.1, 0.15) is 5.75 Å². The van der Waals surface area contributed by atoms with Crippen molar-refractivity contribution in [3.05, 3.63) is 29.3 Å². The number of carboxylic acid groups (broad SMARTS) is 1. The summed E-state index contributed by atoms with van der Waals surface area (Å²) in [6, 6.07) is 4.42. The second-order valence-electron chi connectivity index (χ2n) is 2.25. The van der Waals surface area contributed by atoms with Crippen molar-refractivity contribution in [3.8, 4) is 5.75 Å². The molecule has 0 aliphatic carbocycles. The lowest BCUT2D eigenvalue weighted by Crippen LogP contribution is -1.98. The van der Waals surface area contributed by atoms with Crippen LogP contribution in [0.2, 0.25) is 0 Å². The Kier molecular flexibility index (Phi) is 3.76. The predicted molar refractivity (Wildman–Crippen MR) is 50.1 cm³/mol. The van der Waals surface area contributed by atoms with Crippen molar-refractivity contribution in [2.45, 2.75) is 6.92 Å². The van der Waals surface area contributed by atoms with Gasteiger partial charge in [-0.1, -0.05) is 6.07 Å². The molecule has 0 aliphatic heterocycles. The predicted octanol–water partition coefficient (Wildman–Crippen LogP) is 1.98. The van der Waals surface area contributed by atoms with Crippen LogP contribution in [0.5, 0.6) is 5.75 Å². The van der Waals surface area contributed by atoms with Crippen LogP contribution in [0.3, 0.4) is 0 Å². The van der Waals surface area contributed by atoms with E-state index < -0.39 is 5.97 Å². The minimum absolute atomic E-state index is 0. The van der Waals surface area contributed by atoms with Gasteiger partial charge in [-0.3, -0.25) is 0 Å². The Labute approximate surface area is 80.4 Å². The van der Waals surface area contributed by atoms with Crippen molar-refractivity contribution in [2.75, 3.05) is 0 Å². The zero-order valence-corrected chi connectivity index (χ0v) is 8.16. The van der Waals surface area contributed by atoms with Gasteiger partial charge >= 0.3 is 5.97 Å². The first-order valence-corrected chi connectivity index (χ1v) is 3.15. The van der Waals surface area contributed by atoms with Gasteiger partial charge in [-0.25, -0.2) is 4.79 Å². The zero-order chi connectivity index (χ0) is 8.43. The number of phenols is 1. The van der Waals surface area contributed by atoms with E-state index in [1.807, 2.05) is 0 Å². The van der Waals surface area contributed by atoms with Crippen molar-refractivity contribution in [3.63, 3.8) is 0 Å². The quantitative estimate of drug-likeness (QED) is 0.779. The molecule has 0 radical (unpaired) electrons. The maximum absolute atomic E-state index is 10.5. The second kappa shape index (κ2) is 4.11. The van der Waals surface area contributed by atoms with Crippen LogP contribution in [-0.2, 0) is 0 Å². The largest absolute Gasteiger partial charge is 0.508 e. The van der Waals surface area contributed by atoms with E-state index in [0.717, 1.165) is 0 Å².